The third-order valence-electron chi connectivity index (χ3n) is 3.35. The molecular weight excluding hydrogens is 327 g/mol. The fraction of sp³-hybridized carbons (Fsp3) is 0.429. The Balaban J connectivity index is 2.08. The summed E-state index contributed by atoms with van der Waals surface area (Å²) in [6.07, 6.45) is 3.47. The molecule has 5 nitrogen and oxygen atoms in total. The van der Waals surface area contributed by atoms with Crippen LogP contribution in [-0.2, 0) is 17.3 Å². The van der Waals surface area contributed by atoms with Crippen molar-refractivity contribution in [3.8, 4) is 5.69 Å². The fourth-order valence-corrected chi connectivity index (χ4v) is 3.11. The molecule has 0 aliphatic rings. The minimum Gasteiger partial charge on any atom is -0.297 e. The van der Waals surface area contributed by atoms with Gasteiger partial charge in [0.05, 0.1) is 22.6 Å². The second kappa shape index (κ2) is 7.30. The first-order valence-corrected chi connectivity index (χ1v) is 8.84. The molecule has 22 heavy (non-hydrogen) atoms. The Hall–Kier alpha value is -1.31. The first-order chi connectivity index (χ1) is 10.4. The Morgan fingerprint density at radius 2 is 2.23 bits per heavy atom. The second-order valence-electron chi connectivity index (χ2n) is 5.26. The minimum atomic E-state index is -0.837. The predicted octanol–water partition coefficient (Wildman–Crippen LogP) is 2.26. The Labute approximate surface area is 136 Å². The summed E-state index contributed by atoms with van der Waals surface area (Å²) in [5, 5.41) is 8.18. The van der Waals surface area contributed by atoms with Crippen LogP contribution >= 0.6 is 11.6 Å². The molecule has 0 bridgehead atoms. The van der Waals surface area contributed by atoms with Gasteiger partial charge in [0.15, 0.2) is 0 Å². The molecule has 8 heteroatoms. The van der Waals surface area contributed by atoms with E-state index in [2.05, 4.69) is 15.2 Å². The monoisotopic (exact) mass is 344 g/mol. The number of hydrogen-bond donors (Lipinski definition) is 0. The van der Waals surface area contributed by atoms with E-state index in [1.807, 2.05) is 14.0 Å². The molecular formula is C14H18ClFN4OS. The van der Waals surface area contributed by atoms with Crippen molar-refractivity contribution < 1.29 is 8.60 Å². The highest BCUT2D eigenvalue weighted by Gasteiger charge is 2.13. The molecule has 0 saturated heterocycles. The van der Waals surface area contributed by atoms with Gasteiger partial charge in [0, 0.05) is 35.4 Å². The summed E-state index contributed by atoms with van der Waals surface area (Å²) >= 11 is 5.77. The molecule has 0 amide bonds. The third-order valence-corrected chi connectivity index (χ3v) is 4.59. The highest BCUT2D eigenvalue weighted by molar-refractivity contribution is 7.84. The number of rotatable bonds is 6. The van der Waals surface area contributed by atoms with E-state index in [4.69, 9.17) is 11.6 Å². The SMILES string of the molecule is C[C@H](C[S@@](C)=O)N(C)Cc1cn(-c2ccc(F)c(Cl)c2)nn1. The van der Waals surface area contributed by atoms with Gasteiger partial charge in [-0.25, -0.2) is 9.07 Å². The van der Waals surface area contributed by atoms with Crippen LogP contribution in [0.2, 0.25) is 5.02 Å². The van der Waals surface area contributed by atoms with Gasteiger partial charge in [-0.15, -0.1) is 5.10 Å². The maximum Gasteiger partial charge on any atom is 0.141 e. The van der Waals surface area contributed by atoms with E-state index in [1.165, 1.54) is 12.1 Å². The van der Waals surface area contributed by atoms with Crippen molar-refractivity contribution in [2.45, 2.75) is 19.5 Å². The van der Waals surface area contributed by atoms with Crippen LogP contribution < -0.4 is 0 Å². The molecule has 0 unspecified atom stereocenters. The fourth-order valence-electron chi connectivity index (χ4n) is 2.00. The zero-order chi connectivity index (χ0) is 16.3. The summed E-state index contributed by atoms with van der Waals surface area (Å²) in [4.78, 5) is 2.06. The molecule has 0 saturated carbocycles. The van der Waals surface area contributed by atoms with E-state index >= 15 is 0 Å². The molecule has 2 aromatic rings. The van der Waals surface area contributed by atoms with E-state index in [1.54, 1.807) is 23.2 Å². The lowest BCUT2D eigenvalue weighted by Crippen LogP contribution is -2.33. The second-order valence-corrected chi connectivity index (χ2v) is 7.14. The van der Waals surface area contributed by atoms with Crippen molar-refractivity contribution in [2.75, 3.05) is 19.1 Å². The van der Waals surface area contributed by atoms with Gasteiger partial charge in [0.2, 0.25) is 0 Å². The van der Waals surface area contributed by atoms with Crippen molar-refractivity contribution in [2.24, 2.45) is 0 Å². The largest absolute Gasteiger partial charge is 0.297 e. The lowest BCUT2D eigenvalue weighted by Gasteiger charge is -2.22. The maximum atomic E-state index is 13.2. The summed E-state index contributed by atoms with van der Waals surface area (Å²) < 4.78 is 26.0. The Bertz CT molecular complexity index is 679. The lowest BCUT2D eigenvalue weighted by molar-refractivity contribution is 0.265. The molecule has 0 N–H and O–H groups in total. The lowest BCUT2D eigenvalue weighted by atomic mass is 10.3. The van der Waals surface area contributed by atoms with Gasteiger partial charge in [-0.05, 0) is 32.2 Å². The smallest absolute Gasteiger partial charge is 0.141 e. The van der Waals surface area contributed by atoms with Crippen molar-refractivity contribution in [1.29, 1.82) is 0 Å². The predicted molar refractivity (Wildman–Crippen MR) is 86.2 cm³/mol. The maximum absolute atomic E-state index is 13.2. The van der Waals surface area contributed by atoms with Gasteiger partial charge in [0.25, 0.3) is 0 Å². The topological polar surface area (TPSA) is 51.0 Å². The van der Waals surface area contributed by atoms with Crippen molar-refractivity contribution in [3.63, 3.8) is 0 Å². The standard InChI is InChI=1S/C14H18ClFN4OS/c1-10(9-22(3)21)19(2)7-11-8-20(18-17-11)12-4-5-14(16)13(15)6-12/h4-6,8,10H,7,9H2,1-3H3/t10-,22-/m1/s1. The number of benzene rings is 1. The molecule has 0 aliphatic carbocycles. The van der Waals surface area contributed by atoms with E-state index in [9.17, 15) is 8.60 Å². The van der Waals surface area contributed by atoms with Crippen LogP contribution in [0, 0.1) is 5.82 Å². The van der Waals surface area contributed by atoms with Crippen molar-refractivity contribution in [1.82, 2.24) is 19.9 Å². The Morgan fingerprint density at radius 1 is 1.50 bits per heavy atom. The third kappa shape index (κ3) is 4.34. The Morgan fingerprint density at radius 3 is 2.86 bits per heavy atom. The normalized spacial score (nSPS) is 14.3. The summed E-state index contributed by atoms with van der Waals surface area (Å²) in [5.41, 5.74) is 1.42. The van der Waals surface area contributed by atoms with Crippen LogP contribution in [0.3, 0.4) is 0 Å². The van der Waals surface area contributed by atoms with Gasteiger partial charge in [-0.2, -0.15) is 0 Å². The van der Waals surface area contributed by atoms with Crippen molar-refractivity contribution in [3.05, 3.63) is 40.9 Å². The quantitative estimate of drug-likeness (QED) is 0.806. The zero-order valence-electron chi connectivity index (χ0n) is 12.7. The van der Waals surface area contributed by atoms with Crippen LogP contribution in [0.4, 0.5) is 4.39 Å². The molecule has 1 heterocycles. The van der Waals surface area contributed by atoms with E-state index < -0.39 is 16.6 Å². The summed E-state index contributed by atoms with van der Waals surface area (Å²) in [7, 11) is 1.11. The van der Waals surface area contributed by atoms with Crippen LogP contribution in [0.5, 0.6) is 0 Å². The van der Waals surface area contributed by atoms with Crippen LogP contribution in [0.15, 0.2) is 24.4 Å². The van der Waals surface area contributed by atoms with Crippen molar-refractivity contribution >= 4 is 22.4 Å². The van der Waals surface area contributed by atoms with Gasteiger partial charge in [-0.1, -0.05) is 16.8 Å². The number of hydrogen-bond acceptors (Lipinski definition) is 4. The Kier molecular flexibility index (Phi) is 5.66. The number of nitrogens with zero attached hydrogens (tertiary/aromatic N) is 4. The van der Waals surface area contributed by atoms with Gasteiger partial charge < -0.3 is 0 Å². The average molecular weight is 345 g/mol. The van der Waals surface area contributed by atoms with Crippen LogP contribution in [0.25, 0.3) is 5.69 Å². The number of aromatic nitrogens is 3. The van der Waals surface area contributed by atoms with Crippen LogP contribution in [-0.4, -0.2) is 49.2 Å². The summed E-state index contributed by atoms with van der Waals surface area (Å²) in [5.74, 6) is 0.143. The number of halogens is 2. The van der Waals surface area contributed by atoms with Gasteiger partial charge in [-0.3, -0.25) is 9.11 Å². The van der Waals surface area contributed by atoms with Gasteiger partial charge in [0.1, 0.15) is 5.82 Å². The molecule has 0 fully saturated rings. The average Bonchev–Trinajstić information content (AvgIpc) is 2.89. The highest BCUT2D eigenvalue weighted by atomic mass is 35.5. The van der Waals surface area contributed by atoms with Crippen LogP contribution in [0.1, 0.15) is 12.6 Å². The van der Waals surface area contributed by atoms with E-state index in [0.717, 1.165) is 5.69 Å². The van der Waals surface area contributed by atoms with E-state index in [0.29, 0.717) is 18.0 Å². The van der Waals surface area contributed by atoms with E-state index in [-0.39, 0.29) is 11.1 Å². The molecule has 0 aliphatic heterocycles. The summed E-state index contributed by atoms with van der Waals surface area (Å²) in [6, 6.07) is 4.56. The summed E-state index contributed by atoms with van der Waals surface area (Å²) in [6.45, 7) is 2.61. The molecule has 1 aromatic carbocycles. The molecule has 1 aromatic heterocycles. The first-order valence-electron chi connectivity index (χ1n) is 6.73. The molecule has 2 atom stereocenters. The van der Waals surface area contributed by atoms with Gasteiger partial charge >= 0.3 is 0 Å². The molecule has 2 rings (SSSR count). The molecule has 0 spiro atoms. The molecule has 120 valence electrons. The first kappa shape index (κ1) is 17.1. The highest BCUT2D eigenvalue weighted by Crippen LogP contribution is 2.18. The minimum absolute atomic E-state index is 0.0470. The molecule has 0 radical (unpaired) electrons. The zero-order valence-corrected chi connectivity index (χ0v) is 14.2.